The zero-order chi connectivity index (χ0) is 22.6. The lowest BCUT2D eigenvalue weighted by Gasteiger charge is -2.15. The molecule has 1 aromatic rings. The standard InChI is InChI=1S/C25H39N3O3/c1-2-3-4-5-6-7-8-9-10-11-12-13-17-20-24(29)23(27-28-26)21-31-25(30)22-18-15-14-16-19-22/h14-20,23-24,29H,2-13,21H2,1H3/b20-17-/t23-,24+/m0/s1. The van der Waals surface area contributed by atoms with Crippen LogP contribution in [0.4, 0.5) is 0 Å². The van der Waals surface area contributed by atoms with Crippen molar-refractivity contribution in [3.63, 3.8) is 0 Å². The van der Waals surface area contributed by atoms with Crippen LogP contribution in [0.3, 0.4) is 0 Å². The number of allylic oxidation sites excluding steroid dienone is 1. The van der Waals surface area contributed by atoms with Crippen molar-refractivity contribution in [1.29, 1.82) is 0 Å². The maximum Gasteiger partial charge on any atom is 0.338 e. The molecule has 1 rings (SSSR count). The first-order chi connectivity index (χ1) is 15.2. The average molecular weight is 430 g/mol. The van der Waals surface area contributed by atoms with E-state index in [1.165, 1.54) is 64.2 Å². The fraction of sp³-hybridized carbons (Fsp3) is 0.640. The summed E-state index contributed by atoms with van der Waals surface area (Å²) < 4.78 is 5.19. The third kappa shape index (κ3) is 13.6. The minimum Gasteiger partial charge on any atom is -0.462 e. The molecule has 6 nitrogen and oxygen atoms in total. The summed E-state index contributed by atoms with van der Waals surface area (Å²) in [5.74, 6) is -0.504. The van der Waals surface area contributed by atoms with Gasteiger partial charge in [0.2, 0.25) is 0 Å². The average Bonchev–Trinajstić information content (AvgIpc) is 2.79. The number of unbranched alkanes of at least 4 members (excludes halogenated alkanes) is 11. The summed E-state index contributed by atoms with van der Waals surface area (Å²) in [4.78, 5) is 14.8. The SMILES string of the molecule is CCCCCCCCCCCCC/C=C\[C@@H](O)[C@H](COC(=O)c1ccccc1)N=[N+]=[N-]. The van der Waals surface area contributed by atoms with Gasteiger partial charge in [-0.05, 0) is 30.5 Å². The van der Waals surface area contributed by atoms with Crippen LogP contribution in [-0.4, -0.2) is 29.8 Å². The number of carbonyl (C=O) groups is 1. The molecule has 0 saturated carbocycles. The first kappa shape index (κ1) is 26.7. The van der Waals surface area contributed by atoms with Crippen molar-refractivity contribution in [1.82, 2.24) is 0 Å². The molecule has 0 saturated heterocycles. The van der Waals surface area contributed by atoms with Gasteiger partial charge in [-0.1, -0.05) is 107 Å². The predicted octanol–water partition coefficient (Wildman–Crippen LogP) is 7.14. The molecule has 0 spiro atoms. The Hall–Kier alpha value is -2.30. The second-order valence-corrected chi connectivity index (χ2v) is 7.98. The van der Waals surface area contributed by atoms with Crippen molar-refractivity contribution in [3.05, 3.63) is 58.5 Å². The van der Waals surface area contributed by atoms with Crippen molar-refractivity contribution in [2.24, 2.45) is 5.11 Å². The van der Waals surface area contributed by atoms with Crippen molar-refractivity contribution in [2.75, 3.05) is 6.61 Å². The molecule has 2 atom stereocenters. The Morgan fingerprint density at radius 1 is 1.03 bits per heavy atom. The molecule has 1 aromatic carbocycles. The van der Waals surface area contributed by atoms with E-state index in [4.69, 9.17) is 10.3 Å². The molecule has 1 N–H and O–H groups in total. The number of aliphatic hydroxyl groups is 1. The minimum absolute atomic E-state index is 0.165. The quantitative estimate of drug-likeness (QED) is 0.0670. The number of aliphatic hydroxyl groups excluding tert-OH is 1. The highest BCUT2D eigenvalue weighted by Crippen LogP contribution is 2.12. The number of hydrogen-bond acceptors (Lipinski definition) is 4. The molecule has 6 heteroatoms. The van der Waals surface area contributed by atoms with Gasteiger partial charge in [-0.3, -0.25) is 0 Å². The fourth-order valence-corrected chi connectivity index (χ4v) is 3.38. The van der Waals surface area contributed by atoms with Crippen LogP contribution in [0.15, 0.2) is 47.6 Å². The summed E-state index contributed by atoms with van der Waals surface area (Å²) in [6.45, 7) is 2.08. The summed E-state index contributed by atoms with van der Waals surface area (Å²) in [7, 11) is 0. The van der Waals surface area contributed by atoms with Gasteiger partial charge >= 0.3 is 5.97 Å². The molecule has 0 bridgehead atoms. The van der Waals surface area contributed by atoms with Crippen LogP contribution >= 0.6 is 0 Å². The van der Waals surface area contributed by atoms with Gasteiger partial charge in [0.25, 0.3) is 0 Å². The van der Waals surface area contributed by atoms with Crippen molar-refractivity contribution < 1.29 is 14.6 Å². The maximum atomic E-state index is 12.0. The lowest BCUT2D eigenvalue weighted by molar-refractivity contribution is 0.0418. The van der Waals surface area contributed by atoms with Gasteiger partial charge in [0, 0.05) is 4.91 Å². The lowest BCUT2D eigenvalue weighted by atomic mass is 10.0. The molecule has 0 radical (unpaired) electrons. The number of benzene rings is 1. The van der Waals surface area contributed by atoms with E-state index < -0.39 is 18.1 Å². The van der Waals surface area contributed by atoms with E-state index in [1.807, 2.05) is 12.1 Å². The van der Waals surface area contributed by atoms with Gasteiger partial charge < -0.3 is 9.84 Å². The van der Waals surface area contributed by atoms with Gasteiger partial charge in [0.15, 0.2) is 0 Å². The van der Waals surface area contributed by atoms with E-state index in [2.05, 4.69) is 16.9 Å². The Balaban J connectivity index is 2.16. The zero-order valence-corrected chi connectivity index (χ0v) is 19.0. The van der Waals surface area contributed by atoms with E-state index in [0.717, 1.165) is 12.8 Å². The largest absolute Gasteiger partial charge is 0.462 e. The molecule has 31 heavy (non-hydrogen) atoms. The highest BCUT2D eigenvalue weighted by molar-refractivity contribution is 5.89. The molecule has 172 valence electrons. The smallest absolute Gasteiger partial charge is 0.338 e. The van der Waals surface area contributed by atoms with E-state index in [1.54, 1.807) is 30.3 Å². The number of esters is 1. The summed E-state index contributed by atoms with van der Waals surface area (Å²) >= 11 is 0. The van der Waals surface area contributed by atoms with Gasteiger partial charge in [0.1, 0.15) is 12.6 Å². The number of ether oxygens (including phenoxy) is 1. The Morgan fingerprint density at radius 3 is 2.19 bits per heavy atom. The number of nitrogens with zero attached hydrogens (tertiary/aromatic N) is 3. The molecule has 0 heterocycles. The maximum absolute atomic E-state index is 12.0. The Labute approximate surface area is 187 Å². The topological polar surface area (TPSA) is 95.3 Å². The minimum atomic E-state index is -0.979. The number of hydrogen-bond donors (Lipinski definition) is 1. The van der Waals surface area contributed by atoms with Crippen LogP contribution in [0.1, 0.15) is 94.3 Å². The van der Waals surface area contributed by atoms with Crippen LogP contribution in [0.25, 0.3) is 10.4 Å². The first-order valence-electron chi connectivity index (χ1n) is 11.8. The molecule has 0 aliphatic rings. The lowest BCUT2D eigenvalue weighted by Crippen LogP contribution is -2.28. The monoisotopic (exact) mass is 429 g/mol. The molecule has 0 aliphatic carbocycles. The first-order valence-corrected chi connectivity index (χ1v) is 11.8. The number of rotatable bonds is 18. The second kappa shape index (κ2) is 18.5. The Kier molecular flexibility index (Phi) is 15.9. The summed E-state index contributed by atoms with van der Waals surface area (Å²) in [6, 6.07) is 7.75. The van der Waals surface area contributed by atoms with E-state index in [0.29, 0.717) is 5.56 Å². The van der Waals surface area contributed by atoms with E-state index in [9.17, 15) is 9.90 Å². The Morgan fingerprint density at radius 2 is 1.61 bits per heavy atom. The van der Waals surface area contributed by atoms with Crippen molar-refractivity contribution in [2.45, 2.75) is 96.1 Å². The van der Waals surface area contributed by atoms with Gasteiger partial charge in [-0.25, -0.2) is 4.79 Å². The fourth-order valence-electron chi connectivity index (χ4n) is 3.38. The van der Waals surface area contributed by atoms with E-state index >= 15 is 0 Å². The Bertz CT molecular complexity index is 657. The molecule has 0 aliphatic heterocycles. The summed E-state index contributed by atoms with van der Waals surface area (Å²) in [5.41, 5.74) is 9.15. The normalized spacial score (nSPS) is 13.0. The molecule has 0 amide bonds. The molecule has 0 unspecified atom stereocenters. The summed E-state index contributed by atoms with van der Waals surface area (Å²) in [6.07, 6.45) is 17.7. The molecule has 0 aromatic heterocycles. The highest BCUT2D eigenvalue weighted by Gasteiger charge is 2.18. The van der Waals surface area contributed by atoms with Crippen molar-refractivity contribution in [3.8, 4) is 0 Å². The second-order valence-electron chi connectivity index (χ2n) is 7.98. The predicted molar refractivity (Wildman–Crippen MR) is 126 cm³/mol. The highest BCUT2D eigenvalue weighted by atomic mass is 16.5. The van der Waals surface area contributed by atoms with E-state index in [-0.39, 0.29) is 6.61 Å². The van der Waals surface area contributed by atoms with Crippen LogP contribution in [0.5, 0.6) is 0 Å². The van der Waals surface area contributed by atoms with Crippen LogP contribution < -0.4 is 0 Å². The van der Waals surface area contributed by atoms with Crippen LogP contribution in [0.2, 0.25) is 0 Å². The molecular formula is C25H39N3O3. The van der Waals surface area contributed by atoms with Crippen molar-refractivity contribution >= 4 is 5.97 Å². The number of azide groups is 1. The molecular weight excluding hydrogens is 390 g/mol. The van der Waals surface area contributed by atoms with Gasteiger partial charge in [-0.15, -0.1) is 0 Å². The van der Waals surface area contributed by atoms with Crippen LogP contribution in [-0.2, 0) is 4.74 Å². The van der Waals surface area contributed by atoms with Crippen LogP contribution in [0, 0.1) is 0 Å². The molecule has 0 fully saturated rings. The zero-order valence-electron chi connectivity index (χ0n) is 19.0. The summed E-state index contributed by atoms with van der Waals surface area (Å²) in [5, 5.41) is 13.8. The third-order valence-corrected chi connectivity index (χ3v) is 5.30. The van der Waals surface area contributed by atoms with Gasteiger partial charge in [0.05, 0.1) is 11.7 Å². The van der Waals surface area contributed by atoms with Gasteiger partial charge in [-0.2, -0.15) is 0 Å². The number of carbonyl (C=O) groups excluding carboxylic acids is 1. The third-order valence-electron chi connectivity index (χ3n) is 5.30.